The molecule has 0 aliphatic carbocycles. The number of nitrogens with one attached hydrogen (secondary N) is 1. The molecule has 0 aliphatic heterocycles. The first-order chi connectivity index (χ1) is 8.24. The van der Waals surface area contributed by atoms with E-state index in [0.29, 0.717) is 6.04 Å². The van der Waals surface area contributed by atoms with E-state index in [1.807, 2.05) is 22.5 Å². The average molecular weight is 234 g/mol. The highest BCUT2D eigenvalue weighted by Crippen LogP contribution is 1.96. The predicted molar refractivity (Wildman–Crippen MR) is 64.5 cm³/mol. The molecule has 0 saturated carbocycles. The number of hydrogen-bond donors (Lipinski definition) is 1. The third-order valence-corrected chi connectivity index (χ3v) is 2.52. The standard InChI is InChI=1S/C11H18N6/c1-10-5-14-17(6-10)7-11(2)13-3-4-16-9-12-8-15-16/h5-6,8-9,11,13H,3-4,7H2,1-2H3. The summed E-state index contributed by atoms with van der Waals surface area (Å²) >= 11 is 0. The van der Waals surface area contributed by atoms with E-state index in [1.165, 1.54) is 5.56 Å². The average Bonchev–Trinajstić information content (AvgIpc) is 2.90. The fourth-order valence-electron chi connectivity index (χ4n) is 1.69. The maximum Gasteiger partial charge on any atom is 0.137 e. The van der Waals surface area contributed by atoms with Gasteiger partial charge in [-0.15, -0.1) is 0 Å². The van der Waals surface area contributed by atoms with Gasteiger partial charge in [-0.25, -0.2) is 4.98 Å². The van der Waals surface area contributed by atoms with Gasteiger partial charge in [-0.1, -0.05) is 0 Å². The van der Waals surface area contributed by atoms with E-state index in [1.54, 1.807) is 12.7 Å². The van der Waals surface area contributed by atoms with E-state index < -0.39 is 0 Å². The number of aryl methyl sites for hydroxylation is 1. The Morgan fingerprint density at radius 1 is 1.35 bits per heavy atom. The summed E-state index contributed by atoms with van der Waals surface area (Å²) in [4.78, 5) is 3.90. The van der Waals surface area contributed by atoms with Crippen LogP contribution in [0.2, 0.25) is 0 Å². The third kappa shape index (κ3) is 3.67. The fourth-order valence-corrected chi connectivity index (χ4v) is 1.69. The van der Waals surface area contributed by atoms with Gasteiger partial charge in [-0.05, 0) is 19.4 Å². The van der Waals surface area contributed by atoms with Gasteiger partial charge in [0.25, 0.3) is 0 Å². The van der Waals surface area contributed by atoms with Gasteiger partial charge in [0.1, 0.15) is 12.7 Å². The van der Waals surface area contributed by atoms with Crippen LogP contribution in [0.4, 0.5) is 0 Å². The molecule has 0 saturated heterocycles. The van der Waals surface area contributed by atoms with Gasteiger partial charge < -0.3 is 5.32 Å². The lowest BCUT2D eigenvalue weighted by atomic mass is 10.3. The number of hydrogen-bond acceptors (Lipinski definition) is 4. The van der Waals surface area contributed by atoms with Gasteiger partial charge >= 0.3 is 0 Å². The molecule has 0 fully saturated rings. The largest absolute Gasteiger partial charge is 0.311 e. The van der Waals surface area contributed by atoms with Gasteiger partial charge in [0.15, 0.2) is 0 Å². The van der Waals surface area contributed by atoms with Crippen LogP contribution in [0.3, 0.4) is 0 Å². The molecule has 6 nitrogen and oxygen atoms in total. The normalized spacial score (nSPS) is 12.8. The van der Waals surface area contributed by atoms with Crippen LogP contribution in [0.15, 0.2) is 25.0 Å². The molecule has 1 N–H and O–H groups in total. The topological polar surface area (TPSA) is 60.6 Å². The van der Waals surface area contributed by atoms with Crippen molar-refractivity contribution in [3.63, 3.8) is 0 Å². The number of aromatic nitrogens is 5. The summed E-state index contributed by atoms with van der Waals surface area (Å²) in [7, 11) is 0. The highest BCUT2D eigenvalue weighted by Gasteiger charge is 2.03. The van der Waals surface area contributed by atoms with Crippen molar-refractivity contribution in [2.45, 2.75) is 33.0 Å². The molecule has 2 aromatic heterocycles. The van der Waals surface area contributed by atoms with E-state index in [2.05, 4.69) is 33.6 Å². The molecule has 6 heteroatoms. The van der Waals surface area contributed by atoms with Crippen molar-refractivity contribution in [1.82, 2.24) is 29.9 Å². The van der Waals surface area contributed by atoms with E-state index in [-0.39, 0.29) is 0 Å². The summed E-state index contributed by atoms with van der Waals surface area (Å²) in [5.41, 5.74) is 1.19. The van der Waals surface area contributed by atoms with Gasteiger partial charge in [-0.3, -0.25) is 9.36 Å². The first kappa shape index (κ1) is 11.8. The van der Waals surface area contributed by atoms with Crippen LogP contribution in [0.1, 0.15) is 12.5 Å². The monoisotopic (exact) mass is 234 g/mol. The Morgan fingerprint density at radius 3 is 2.88 bits per heavy atom. The minimum absolute atomic E-state index is 0.387. The minimum Gasteiger partial charge on any atom is -0.311 e. The van der Waals surface area contributed by atoms with Crippen LogP contribution in [-0.2, 0) is 13.1 Å². The van der Waals surface area contributed by atoms with Crippen molar-refractivity contribution in [2.75, 3.05) is 6.54 Å². The van der Waals surface area contributed by atoms with Gasteiger partial charge in [0, 0.05) is 18.8 Å². The lowest BCUT2D eigenvalue weighted by Crippen LogP contribution is -2.33. The SMILES string of the molecule is Cc1cnn(CC(C)NCCn2cncn2)c1. The Balaban J connectivity index is 1.69. The van der Waals surface area contributed by atoms with Crippen molar-refractivity contribution < 1.29 is 0 Å². The maximum atomic E-state index is 4.26. The number of nitrogens with zero attached hydrogens (tertiary/aromatic N) is 5. The summed E-state index contributed by atoms with van der Waals surface area (Å²) in [6, 6.07) is 0.387. The molecule has 0 aromatic carbocycles. The molecule has 0 amide bonds. The van der Waals surface area contributed by atoms with Crippen molar-refractivity contribution in [3.05, 3.63) is 30.6 Å². The highest BCUT2D eigenvalue weighted by atomic mass is 15.3. The quantitative estimate of drug-likeness (QED) is 0.789. The van der Waals surface area contributed by atoms with Crippen molar-refractivity contribution >= 4 is 0 Å². The van der Waals surface area contributed by atoms with Crippen LogP contribution in [0, 0.1) is 6.92 Å². The zero-order valence-corrected chi connectivity index (χ0v) is 10.2. The molecule has 0 bridgehead atoms. The summed E-state index contributed by atoms with van der Waals surface area (Å²) in [5, 5.41) is 11.7. The smallest absolute Gasteiger partial charge is 0.137 e. The van der Waals surface area contributed by atoms with Crippen LogP contribution >= 0.6 is 0 Å². The fraction of sp³-hybridized carbons (Fsp3) is 0.545. The molecular formula is C11H18N6. The van der Waals surface area contributed by atoms with Crippen LogP contribution in [0.25, 0.3) is 0 Å². The van der Waals surface area contributed by atoms with E-state index in [9.17, 15) is 0 Å². The predicted octanol–water partition coefficient (Wildman–Crippen LogP) is 0.461. The first-order valence-electron chi connectivity index (χ1n) is 5.79. The Bertz CT molecular complexity index is 433. The Labute approximate surface area is 101 Å². The lowest BCUT2D eigenvalue weighted by molar-refractivity contribution is 0.432. The van der Waals surface area contributed by atoms with E-state index >= 15 is 0 Å². The number of rotatable bonds is 6. The van der Waals surface area contributed by atoms with Gasteiger partial charge in [-0.2, -0.15) is 10.2 Å². The second kappa shape index (κ2) is 5.58. The second-order valence-electron chi connectivity index (χ2n) is 4.25. The molecule has 2 aromatic rings. The second-order valence-corrected chi connectivity index (χ2v) is 4.25. The minimum atomic E-state index is 0.387. The molecule has 0 spiro atoms. The summed E-state index contributed by atoms with van der Waals surface area (Å²) < 4.78 is 3.78. The van der Waals surface area contributed by atoms with Gasteiger partial charge in [0.2, 0.25) is 0 Å². The van der Waals surface area contributed by atoms with Crippen molar-refractivity contribution in [1.29, 1.82) is 0 Å². The molecule has 17 heavy (non-hydrogen) atoms. The molecular weight excluding hydrogens is 216 g/mol. The Morgan fingerprint density at radius 2 is 2.24 bits per heavy atom. The molecule has 1 atom stereocenters. The zero-order valence-electron chi connectivity index (χ0n) is 10.2. The molecule has 2 heterocycles. The molecule has 0 radical (unpaired) electrons. The summed E-state index contributed by atoms with van der Waals surface area (Å²) in [6.45, 7) is 6.79. The summed E-state index contributed by atoms with van der Waals surface area (Å²) in [6.07, 6.45) is 7.21. The molecule has 2 rings (SSSR count). The Kier molecular flexibility index (Phi) is 3.87. The van der Waals surface area contributed by atoms with Crippen LogP contribution in [0.5, 0.6) is 0 Å². The van der Waals surface area contributed by atoms with Crippen molar-refractivity contribution in [2.24, 2.45) is 0 Å². The molecule has 1 unspecified atom stereocenters. The van der Waals surface area contributed by atoms with Crippen LogP contribution in [-0.4, -0.2) is 37.1 Å². The highest BCUT2D eigenvalue weighted by molar-refractivity contribution is 4.99. The third-order valence-electron chi connectivity index (χ3n) is 2.52. The van der Waals surface area contributed by atoms with Gasteiger partial charge in [0.05, 0.1) is 19.3 Å². The first-order valence-corrected chi connectivity index (χ1v) is 5.79. The summed E-state index contributed by atoms with van der Waals surface area (Å²) in [5.74, 6) is 0. The van der Waals surface area contributed by atoms with E-state index in [0.717, 1.165) is 19.6 Å². The van der Waals surface area contributed by atoms with E-state index in [4.69, 9.17) is 0 Å². The van der Waals surface area contributed by atoms with Crippen molar-refractivity contribution in [3.8, 4) is 0 Å². The van der Waals surface area contributed by atoms with Crippen LogP contribution < -0.4 is 5.32 Å². The zero-order chi connectivity index (χ0) is 12.1. The molecule has 92 valence electrons. The molecule has 0 aliphatic rings. The Hall–Kier alpha value is -1.69. The maximum absolute atomic E-state index is 4.26. The lowest BCUT2D eigenvalue weighted by Gasteiger charge is -2.13.